The van der Waals surface area contributed by atoms with E-state index in [-0.39, 0.29) is 11.0 Å². The van der Waals surface area contributed by atoms with E-state index < -0.39 is 0 Å². The molecule has 2 aromatic carbocycles. The zero-order valence-electron chi connectivity index (χ0n) is 14.8. The average Bonchev–Trinajstić information content (AvgIpc) is 3.05. The molecule has 0 spiro atoms. The smallest absolute Gasteiger partial charge is 0.209 e. The number of hydrogen-bond acceptors (Lipinski definition) is 4. The van der Waals surface area contributed by atoms with Crippen LogP contribution >= 0.6 is 11.8 Å². The Hall–Kier alpha value is -2.40. The molecule has 25 heavy (non-hydrogen) atoms. The summed E-state index contributed by atoms with van der Waals surface area (Å²) in [5.41, 5.74) is 5.23. The second-order valence-electron chi connectivity index (χ2n) is 6.26. The number of benzene rings is 2. The highest BCUT2D eigenvalue weighted by molar-refractivity contribution is 8.00. The Morgan fingerprint density at radius 1 is 1.04 bits per heavy atom. The van der Waals surface area contributed by atoms with Crippen LogP contribution in [0, 0.1) is 20.8 Å². The molecule has 4 nitrogen and oxygen atoms in total. The molecule has 1 heterocycles. The Balaban J connectivity index is 1.72. The van der Waals surface area contributed by atoms with Gasteiger partial charge in [-0.05, 0) is 44.9 Å². The Labute approximate surface area is 152 Å². The van der Waals surface area contributed by atoms with Gasteiger partial charge >= 0.3 is 0 Å². The molecule has 128 valence electrons. The number of H-pyrrole nitrogens is 1. The Kier molecular flexibility index (Phi) is 5.04. The van der Waals surface area contributed by atoms with Crippen molar-refractivity contribution in [2.45, 2.75) is 38.1 Å². The SMILES string of the molecule is Cc1ccc(-c2nc(S[C@H](C)C(=O)c3ccc(C)c(C)c3)n[nH]2)cc1. The molecule has 5 heteroatoms. The van der Waals surface area contributed by atoms with Crippen LogP contribution in [0.3, 0.4) is 0 Å². The zero-order valence-corrected chi connectivity index (χ0v) is 15.6. The van der Waals surface area contributed by atoms with Crippen LogP contribution in [0.4, 0.5) is 0 Å². The summed E-state index contributed by atoms with van der Waals surface area (Å²) in [5.74, 6) is 0.808. The first-order valence-corrected chi connectivity index (χ1v) is 9.09. The zero-order chi connectivity index (χ0) is 18.0. The van der Waals surface area contributed by atoms with Crippen LogP contribution in [-0.2, 0) is 0 Å². The molecule has 0 aliphatic rings. The molecular weight excluding hydrogens is 330 g/mol. The molecule has 0 aliphatic carbocycles. The number of nitrogens with zero attached hydrogens (tertiary/aromatic N) is 2. The number of hydrogen-bond donors (Lipinski definition) is 1. The number of thioether (sulfide) groups is 1. The van der Waals surface area contributed by atoms with Gasteiger partial charge in [-0.1, -0.05) is 53.7 Å². The van der Waals surface area contributed by atoms with Gasteiger partial charge in [0.05, 0.1) is 5.25 Å². The molecule has 0 radical (unpaired) electrons. The minimum Gasteiger partial charge on any atom is -0.293 e. The van der Waals surface area contributed by atoms with Gasteiger partial charge < -0.3 is 0 Å². The third kappa shape index (κ3) is 3.99. The van der Waals surface area contributed by atoms with Crippen LogP contribution in [0.15, 0.2) is 47.6 Å². The van der Waals surface area contributed by atoms with Crippen molar-refractivity contribution in [1.82, 2.24) is 15.2 Å². The van der Waals surface area contributed by atoms with E-state index in [1.54, 1.807) is 0 Å². The topological polar surface area (TPSA) is 58.6 Å². The number of aryl methyl sites for hydroxylation is 3. The Bertz CT molecular complexity index is 900. The lowest BCUT2D eigenvalue weighted by Gasteiger charge is -2.09. The van der Waals surface area contributed by atoms with Gasteiger partial charge in [0.1, 0.15) is 0 Å². The third-order valence-electron chi connectivity index (χ3n) is 4.23. The maximum atomic E-state index is 12.6. The molecule has 0 saturated heterocycles. The summed E-state index contributed by atoms with van der Waals surface area (Å²) in [6.07, 6.45) is 0. The van der Waals surface area contributed by atoms with Gasteiger partial charge in [0.25, 0.3) is 0 Å². The molecule has 1 N–H and O–H groups in total. The van der Waals surface area contributed by atoms with Gasteiger partial charge in [0.2, 0.25) is 5.16 Å². The van der Waals surface area contributed by atoms with Crippen LogP contribution in [-0.4, -0.2) is 26.2 Å². The molecule has 1 aromatic heterocycles. The lowest BCUT2D eigenvalue weighted by Crippen LogP contribution is -2.14. The van der Waals surface area contributed by atoms with Crippen molar-refractivity contribution in [2.75, 3.05) is 0 Å². The largest absolute Gasteiger partial charge is 0.293 e. The third-order valence-corrected chi connectivity index (χ3v) is 5.19. The molecular formula is C20H21N3OS. The quantitative estimate of drug-likeness (QED) is 0.532. The molecule has 0 aliphatic heterocycles. The molecule has 0 amide bonds. The summed E-state index contributed by atoms with van der Waals surface area (Å²) in [7, 11) is 0. The van der Waals surface area contributed by atoms with Crippen molar-refractivity contribution in [3.63, 3.8) is 0 Å². The van der Waals surface area contributed by atoms with Crippen molar-refractivity contribution in [1.29, 1.82) is 0 Å². The van der Waals surface area contributed by atoms with E-state index in [1.165, 1.54) is 22.9 Å². The van der Waals surface area contributed by atoms with Crippen LogP contribution in [0.5, 0.6) is 0 Å². The maximum absolute atomic E-state index is 12.6. The van der Waals surface area contributed by atoms with Crippen molar-refractivity contribution in [3.8, 4) is 11.4 Å². The van der Waals surface area contributed by atoms with Crippen LogP contribution in [0.1, 0.15) is 34.0 Å². The first-order chi connectivity index (χ1) is 11.9. The van der Waals surface area contributed by atoms with E-state index in [0.717, 1.165) is 16.7 Å². The van der Waals surface area contributed by atoms with Crippen molar-refractivity contribution < 1.29 is 4.79 Å². The monoisotopic (exact) mass is 351 g/mol. The average molecular weight is 351 g/mol. The molecule has 0 fully saturated rings. The lowest BCUT2D eigenvalue weighted by molar-refractivity contribution is 0.0994. The number of nitrogens with one attached hydrogen (secondary N) is 1. The number of carbonyl (C=O) groups is 1. The number of aromatic nitrogens is 3. The molecule has 0 saturated carbocycles. The van der Waals surface area contributed by atoms with Crippen molar-refractivity contribution in [3.05, 3.63) is 64.7 Å². The van der Waals surface area contributed by atoms with Gasteiger partial charge in [0.15, 0.2) is 11.6 Å². The number of carbonyl (C=O) groups excluding carboxylic acids is 1. The predicted octanol–water partition coefficient (Wildman–Crippen LogP) is 4.76. The van der Waals surface area contributed by atoms with Crippen LogP contribution in [0.2, 0.25) is 0 Å². The summed E-state index contributed by atoms with van der Waals surface area (Å²) in [6, 6.07) is 13.9. The lowest BCUT2D eigenvalue weighted by atomic mass is 10.0. The minimum absolute atomic E-state index is 0.0924. The van der Waals surface area contributed by atoms with E-state index in [0.29, 0.717) is 11.0 Å². The molecule has 1 atom stereocenters. The normalized spacial score (nSPS) is 12.2. The van der Waals surface area contributed by atoms with E-state index in [2.05, 4.69) is 15.2 Å². The molecule has 3 aromatic rings. The molecule has 0 bridgehead atoms. The second kappa shape index (κ2) is 7.23. The summed E-state index contributed by atoms with van der Waals surface area (Å²) in [4.78, 5) is 17.1. The number of rotatable bonds is 5. The van der Waals surface area contributed by atoms with Crippen LogP contribution < -0.4 is 0 Å². The van der Waals surface area contributed by atoms with Crippen LogP contribution in [0.25, 0.3) is 11.4 Å². The molecule has 3 rings (SSSR count). The second-order valence-corrected chi connectivity index (χ2v) is 7.56. The maximum Gasteiger partial charge on any atom is 0.209 e. The summed E-state index contributed by atoms with van der Waals surface area (Å²) < 4.78 is 0. The summed E-state index contributed by atoms with van der Waals surface area (Å²) in [5, 5.41) is 7.52. The number of aromatic amines is 1. The first-order valence-electron chi connectivity index (χ1n) is 8.21. The Morgan fingerprint density at radius 3 is 2.44 bits per heavy atom. The standard InChI is InChI=1S/C20H21N3OS/c1-12-5-8-16(9-6-12)19-21-20(23-22-19)25-15(4)18(24)17-10-7-13(2)14(3)11-17/h5-11,15H,1-4H3,(H,21,22,23)/t15-/m1/s1. The fourth-order valence-electron chi connectivity index (χ4n) is 2.48. The van der Waals surface area contributed by atoms with Gasteiger partial charge in [-0.2, -0.15) is 0 Å². The van der Waals surface area contributed by atoms with E-state index in [4.69, 9.17) is 0 Å². The number of ketones is 1. The fraction of sp³-hybridized carbons (Fsp3) is 0.250. The minimum atomic E-state index is -0.247. The van der Waals surface area contributed by atoms with Crippen molar-refractivity contribution >= 4 is 17.5 Å². The first kappa shape index (κ1) is 17.4. The van der Waals surface area contributed by atoms with Gasteiger partial charge in [-0.3, -0.25) is 9.89 Å². The summed E-state index contributed by atoms with van der Waals surface area (Å²) in [6.45, 7) is 8.00. The van der Waals surface area contributed by atoms with Gasteiger partial charge in [0, 0.05) is 11.1 Å². The molecule has 0 unspecified atom stereocenters. The summed E-state index contributed by atoms with van der Waals surface area (Å²) >= 11 is 1.37. The van der Waals surface area contributed by atoms with E-state index in [1.807, 2.05) is 70.2 Å². The predicted molar refractivity (Wildman–Crippen MR) is 102 cm³/mol. The van der Waals surface area contributed by atoms with E-state index in [9.17, 15) is 4.79 Å². The van der Waals surface area contributed by atoms with Gasteiger partial charge in [-0.25, -0.2) is 4.98 Å². The Morgan fingerprint density at radius 2 is 1.76 bits per heavy atom. The van der Waals surface area contributed by atoms with E-state index >= 15 is 0 Å². The highest BCUT2D eigenvalue weighted by atomic mass is 32.2. The number of Topliss-reactive ketones (excluding diaryl/α,β-unsaturated/α-hetero) is 1. The fourth-order valence-corrected chi connectivity index (χ4v) is 3.28. The highest BCUT2D eigenvalue weighted by Crippen LogP contribution is 2.25. The highest BCUT2D eigenvalue weighted by Gasteiger charge is 2.19. The van der Waals surface area contributed by atoms with Crippen molar-refractivity contribution in [2.24, 2.45) is 0 Å². The van der Waals surface area contributed by atoms with Gasteiger partial charge in [-0.15, -0.1) is 5.10 Å².